The Balaban J connectivity index is 1.27. The maximum absolute atomic E-state index is 13.9. The third-order valence-corrected chi connectivity index (χ3v) is 7.82. The summed E-state index contributed by atoms with van der Waals surface area (Å²) in [5, 5.41) is 4.31. The van der Waals surface area contributed by atoms with Crippen molar-refractivity contribution in [1.29, 1.82) is 0 Å². The van der Waals surface area contributed by atoms with Crippen LogP contribution in [0.2, 0.25) is 0 Å². The van der Waals surface area contributed by atoms with E-state index >= 15 is 0 Å². The Morgan fingerprint density at radius 2 is 1.62 bits per heavy atom. The van der Waals surface area contributed by atoms with Crippen LogP contribution < -0.4 is 5.32 Å². The highest BCUT2D eigenvalue weighted by Gasteiger charge is 2.27. The van der Waals surface area contributed by atoms with E-state index < -0.39 is 5.97 Å². The fourth-order valence-corrected chi connectivity index (χ4v) is 5.56. The van der Waals surface area contributed by atoms with Crippen LogP contribution in [0.4, 0.5) is 5.69 Å². The molecular formula is C35H32N4O3. The van der Waals surface area contributed by atoms with Crippen LogP contribution in [0.5, 0.6) is 0 Å². The minimum Gasteiger partial charge on any atom is -0.457 e. The van der Waals surface area contributed by atoms with Gasteiger partial charge in [0.15, 0.2) is 0 Å². The van der Waals surface area contributed by atoms with Gasteiger partial charge in [-0.25, -0.2) is 4.79 Å². The quantitative estimate of drug-likeness (QED) is 0.216. The van der Waals surface area contributed by atoms with Crippen molar-refractivity contribution in [2.45, 2.75) is 31.9 Å². The first-order chi connectivity index (χ1) is 20.7. The summed E-state index contributed by atoms with van der Waals surface area (Å²) in [4.78, 5) is 37.4. The lowest BCUT2D eigenvalue weighted by molar-refractivity contribution is 0.0474. The van der Waals surface area contributed by atoms with Gasteiger partial charge in [-0.2, -0.15) is 0 Å². The lowest BCUT2D eigenvalue weighted by Crippen LogP contribution is -2.38. The normalized spacial score (nSPS) is 13.6. The Labute approximate surface area is 245 Å². The van der Waals surface area contributed by atoms with E-state index in [0.717, 1.165) is 35.0 Å². The molecule has 42 heavy (non-hydrogen) atoms. The van der Waals surface area contributed by atoms with Crippen molar-refractivity contribution in [3.63, 3.8) is 0 Å². The summed E-state index contributed by atoms with van der Waals surface area (Å²) in [5.74, 6) is 0.0213. The second-order valence-electron chi connectivity index (χ2n) is 10.5. The van der Waals surface area contributed by atoms with E-state index in [2.05, 4.69) is 34.6 Å². The number of aromatic nitrogens is 2. The molecule has 1 aliphatic rings. The highest BCUT2D eigenvalue weighted by atomic mass is 16.5. The molecule has 0 spiro atoms. The lowest BCUT2D eigenvalue weighted by Gasteiger charge is -2.33. The topological polar surface area (TPSA) is 84.4 Å². The van der Waals surface area contributed by atoms with Gasteiger partial charge in [-0.15, -0.1) is 0 Å². The third-order valence-electron chi connectivity index (χ3n) is 7.82. The van der Waals surface area contributed by atoms with Gasteiger partial charge in [0.1, 0.15) is 6.61 Å². The molecule has 7 heteroatoms. The van der Waals surface area contributed by atoms with Gasteiger partial charge in [-0.1, -0.05) is 72.8 Å². The number of para-hydroxylation sites is 1. The predicted octanol–water partition coefficient (Wildman–Crippen LogP) is 6.62. The molecule has 6 rings (SSSR count). The minimum absolute atomic E-state index is 0.0366. The first-order valence-electron chi connectivity index (χ1n) is 14.3. The fourth-order valence-electron chi connectivity index (χ4n) is 5.56. The molecule has 3 heterocycles. The summed E-state index contributed by atoms with van der Waals surface area (Å²) >= 11 is 0. The second kappa shape index (κ2) is 12.6. The number of nitrogens with one attached hydrogen (secondary N) is 1. The van der Waals surface area contributed by atoms with Crippen LogP contribution in [0.15, 0.2) is 110 Å². The lowest BCUT2D eigenvalue weighted by atomic mass is 9.89. The van der Waals surface area contributed by atoms with Crippen LogP contribution in [0.25, 0.3) is 10.9 Å². The molecule has 0 unspecified atom stereocenters. The van der Waals surface area contributed by atoms with Gasteiger partial charge in [-0.3, -0.25) is 14.8 Å². The van der Waals surface area contributed by atoms with Crippen molar-refractivity contribution in [1.82, 2.24) is 14.9 Å². The first kappa shape index (κ1) is 27.1. The van der Waals surface area contributed by atoms with Crippen molar-refractivity contribution >= 4 is 28.5 Å². The number of ether oxygens (including phenoxy) is 1. The Morgan fingerprint density at radius 3 is 2.36 bits per heavy atom. The average molecular weight is 557 g/mol. The number of pyridine rings is 2. The van der Waals surface area contributed by atoms with Crippen molar-refractivity contribution in [2.24, 2.45) is 0 Å². The summed E-state index contributed by atoms with van der Waals surface area (Å²) in [6, 6.07) is 29.1. The zero-order chi connectivity index (χ0) is 28.7. The number of piperidine rings is 1. The van der Waals surface area contributed by atoms with Gasteiger partial charge in [0, 0.05) is 49.2 Å². The SMILES string of the molecule is O=C(OCc1cccc2c(NCc3cccnc3)c(C(=O)N3CCC(c4ccccc4)CC3)cnc12)c1ccccc1. The molecule has 0 radical (unpaired) electrons. The van der Waals surface area contributed by atoms with E-state index in [0.29, 0.717) is 42.2 Å². The zero-order valence-electron chi connectivity index (χ0n) is 23.3. The Hall–Kier alpha value is -5.04. The van der Waals surface area contributed by atoms with Gasteiger partial charge >= 0.3 is 5.97 Å². The summed E-state index contributed by atoms with van der Waals surface area (Å²) < 4.78 is 5.63. The van der Waals surface area contributed by atoms with Crippen molar-refractivity contribution in [3.8, 4) is 0 Å². The van der Waals surface area contributed by atoms with E-state index in [1.165, 1.54) is 5.56 Å². The van der Waals surface area contributed by atoms with Crippen molar-refractivity contribution < 1.29 is 14.3 Å². The number of anilines is 1. The number of carbonyl (C=O) groups excluding carboxylic acids is 2. The first-order valence-corrected chi connectivity index (χ1v) is 14.3. The third kappa shape index (κ3) is 6.00. The van der Waals surface area contributed by atoms with E-state index in [-0.39, 0.29) is 12.5 Å². The fraction of sp³-hybridized carbons (Fsp3) is 0.200. The number of hydrogen-bond acceptors (Lipinski definition) is 6. The summed E-state index contributed by atoms with van der Waals surface area (Å²) in [6.45, 7) is 1.94. The number of rotatable bonds is 8. The predicted molar refractivity (Wildman–Crippen MR) is 163 cm³/mol. The van der Waals surface area contributed by atoms with Crippen molar-refractivity contribution in [3.05, 3.63) is 137 Å². The minimum atomic E-state index is -0.395. The molecule has 1 saturated heterocycles. The monoisotopic (exact) mass is 556 g/mol. The van der Waals surface area contributed by atoms with Crippen LogP contribution >= 0.6 is 0 Å². The molecule has 1 amide bonds. The van der Waals surface area contributed by atoms with Crippen LogP contribution in [0.3, 0.4) is 0 Å². The Bertz CT molecular complexity index is 1670. The Morgan fingerprint density at radius 1 is 0.857 bits per heavy atom. The molecule has 7 nitrogen and oxygen atoms in total. The largest absolute Gasteiger partial charge is 0.457 e. The molecule has 0 aliphatic carbocycles. The molecule has 0 bridgehead atoms. The molecular weight excluding hydrogens is 524 g/mol. The van der Waals surface area contributed by atoms with Gasteiger partial charge < -0.3 is 15.0 Å². The molecule has 1 aliphatic heterocycles. The van der Waals surface area contributed by atoms with Gasteiger partial charge in [0.2, 0.25) is 0 Å². The van der Waals surface area contributed by atoms with Crippen LogP contribution in [0, 0.1) is 0 Å². The number of hydrogen-bond donors (Lipinski definition) is 1. The number of esters is 1. The maximum atomic E-state index is 13.9. The summed E-state index contributed by atoms with van der Waals surface area (Å²) in [6.07, 6.45) is 7.05. The van der Waals surface area contributed by atoms with E-state index in [1.54, 1.807) is 42.9 Å². The molecule has 0 saturated carbocycles. The second-order valence-corrected chi connectivity index (χ2v) is 10.5. The van der Waals surface area contributed by atoms with Crippen molar-refractivity contribution in [2.75, 3.05) is 18.4 Å². The molecule has 210 valence electrons. The number of amides is 1. The van der Waals surface area contributed by atoms with Gasteiger partial charge in [0.25, 0.3) is 5.91 Å². The standard InChI is InChI=1S/C35H32N4O3/c40-34(39-19-16-27(17-20-39)26-10-3-1-4-11-26)31-23-38-32-29(24-42-35(41)28-12-5-2-6-13-28)14-7-15-30(32)33(31)37-22-25-9-8-18-36-21-25/h1-15,18,21,23,27H,16-17,19-20,22,24H2,(H,37,38). The highest BCUT2D eigenvalue weighted by Crippen LogP contribution is 2.33. The number of nitrogens with zero attached hydrogens (tertiary/aromatic N) is 3. The van der Waals surface area contributed by atoms with E-state index in [1.807, 2.05) is 47.4 Å². The smallest absolute Gasteiger partial charge is 0.338 e. The van der Waals surface area contributed by atoms with Crippen LogP contribution in [0.1, 0.15) is 56.2 Å². The maximum Gasteiger partial charge on any atom is 0.338 e. The number of likely N-dealkylation sites (tertiary alicyclic amines) is 1. The molecule has 1 fully saturated rings. The summed E-state index contributed by atoms with van der Waals surface area (Å²) in [7, 11) is 0. The highest BCUT2D eigenvalue weighted by molar-refractivity contribution is 6.07. The number of carbonyl (C=O) groups is 2. The Kier molecular flexibility index (Phi) is 8.17. The summed E-state index contributed by atoms with van der Waals surface area (Å²) in [5.41, 5.74) is 5.52. The molecule has 5 aromatic rings. The number of benzene rings is 3. The van der Waals surface area contributed by atoms with Crippen LogP contribution in [-0.2, 0) is 17.9 Å². The molecule has 1 N–H and O–H groups in total. The van der Waals surface area contributed by atoms with E-state index in [9.17, 15) is 9.59 Å². The van der Waals surface area contributed by atoms with Gasteiger partial charge in [-0.05, 0) is 48.1 Å². The van der Waals surface area contributed by atoms with Gasteiger partial charge in [0.05, 0.1) is 22.3 Å². The molecule has 2 aromatic heterocycles. The van der Waals surface area contributed by atoms with E-state index in [4.69, 9.17) is 9.72 Å². The molecule has 0 atom stereocenters. The number of fused-ring (bicyclic) bond motifs is 1. The molecule has 3 aromatic carbocycles. The van der Waals surface area contributed by atoms with Crippen LogP contribution in [-0.4, -0.2) is 39.8 Å². The average Bonchev–Trinajstić information content (AvgIpc) is 3.07. The zero-order valence-corrected chi connectivity index (χ0v) is 23.3.